The third kappa shape index (κ3) is 4.98. The Labute approximate surface area is 179 Å². The van der Waals surface area contributed by atoms with Crippen molar-refractivity contribution in [1.82, 2.24) is 4.90 Å². The maximum Gasteiger partial charge on any atom is 0.242 e. The van der Waals surface area contributed by atoms with Gasteiger partial charge in [-0.2, -0.15) is 0 Å². The molecule has 160 valence electrons. The summed E-state index contributed by atoms with van der Waals surface area (Å²) in [5.41, 5.74) is 2.43. The lowest BCUT2D eigenvalue weighted by Crippen LogP contribution is -2.41. The van der Waals surface area contributed by atoms with Crippen molar-refractivity contribution in [1.29, 1.82) is 0 Å². The minimum Gasteiger partial charge on any atom is -0.390 e. The van der Waals surface area contributed by atoms with Gasteiger partial charge in [0, 0.05) is 19.3 Å². The third-order valence-electron chi connectivity index (χ3n) is 5.36. The van der Waals surface area contributed by atoms with Crippen molar-refractivity contribution in [3.63, 3.8) is 0 Å². The molecule has 2 atom stereocenters. The van der Waals surface area contributed by atoms with E-state index in [1.165, 1.54) is 4.31 Å². The van der Waals surface area contributed by atoms with E-state index < -0.39 is 21.4 Å². The number of aliphatic hydroxyl groups is 1. The largest absolute Gasteiger partial charge is 0.390 e. The molecule has 6 nitrogen and oxygen atoms in total. The first-order chi connectivity index (χ1) is 14.5. The fourth-order valence-corrected chi connectivity index (χ4v) is 5.61. The first kappa shape index (κ1) is 22.2. The quantitative estimate of drug-likeness (QED) is 0.623. The van der Waals surface area contributed by atoms with Gasteiger partial charge in [-0.1, -0.05) is 56.0 Å². The van der Waals surface area contributed by atoms with Gasteiger partial charge >= 0.3 is 0 Å². The van der Waals surface area contributed by atoms with E-state index in [-0.39, 0.29) is 6.54 Å². The van der Waals surface area contributed by atoms with Crippen molar-refractivity contribution in [2.24, 2.45) is 4.99 Å². The first-order valence-corrected chi connectivity index (χ1v) is 11.7. The van der Waals surface area contributed by atoms with Gasteiger partial charge in [0.15, 0.2) is 0 Å². The number of hydrogen-bond donors (Lipinski definition) is 1. The molecule has 0 amide bonds. The Kier molecular flexibility index (Phi) is 7.42. The second-order valence-corrected chi connectivity index (χ2v) is 9.35. The van der Waals surface area contributed by atoms with Crippen molar-refractivity contribution in [2.45, 2.75) is 24.7 Å². The molecule has 7 heteroatoms. The number of hydrogen-bond acceptors (Lipinski definition) is 5. The van der Waals surface area contributed by atoms with Crippen molar-refractivity contribution >= 4 is 33.7 Å². The summed E-state index contributed by atoms with van der Waals surface area (Å²) >= 11 is 0. The summed E-state index contributed by atoms with van der Waals surface area (Å²) in [4.78, 5) is 6.56. The van der Waals surface area contributed by atoms with Gasteiger partial charge in [0.25, 0.3) is 0 Å². The molecule has 1 heterocycles. The summed E-state index contributed by atoms with van der Waals surface area (Å²) in [5, 5.41) is 9.66. The average molecular weight is 428 g/mol. The maximum absolute atomic E-state index is 13.0. The topological polar surface area (TPSA) is 73.2 Å². The minimum atomic E-state index is -3.62. The van der Waals surface area contributed by atoms with Crippen LogP contribution < -0.4 is 4.31 Å². The SMILES string of the molecule is C=Cc1ccccc1/N=C\CCN(CC)C[C@@H]1[C@@H](O)CN(c2ccccc2)S1(=O)=O. The molecule has 1 N–H and O–H groups in total. The monoisotopic (exact) mass is 427 g/mol. The van der Waals surface area contributed by atoms with Gasteiger partial charge in [0.2, 0.25) is 10.0 Å². The number of para-hydroxylation sites is 2. The third-order valence-corrected chi connectivity index (χ3v) is 7.57. The van der Waals surface area contributed by atoms with Crippen LogP contribution in [0.2, 0.25) is 0 Å². The Bertz CT molecular complexity index is 976. The summed E-state index contributed by atoms with van der Waals surface area (Å²) < 4.78 is 27.4. The molecule has 0 aromatic heterocycles. The van der Waals surface area contributed by atoms with E-state index in [1.807, 2.05) is 48.4 Å². The molecule has 3 rings (SSSR count). The van der Waals surface area contributed by atoms with Crippen molar-refractivity contribution < 1.29 is 13.5 Å². The zero-order valence-electron chi connectivity index (χ0n) is 17.3. The number of nitrogens with zero attached hydrogens (tertiary/aromatic N) is 3. The fraction of sp³-hybridized carbons (Fsp3) is 0.348. The first-order valence-electron chi connectivity index (χ1n) is 10.2. The molecule has 0 bridgehead atoms. The zero-order chi connectivity index (χ0) is 21.6. The number of aliphatic hydroxyl groups excluding tert-OH is 1. The Morgan fingerprint density at radius 2 is 1.90 bits per heavy atom. The highest BCUT2D eigenvalue weighted by Gasteiger charge is 2.46. The van der Waals surface area contributed by atoms with Crippen LogP contribution in [0.1, 0.15) is 18.9 Å². The van der Waals surface area contributed by atoms with Crippen LogP contribution in [-0.2, 0) is 10.0 Å². The lowest BCUT2D eigenvalue weighted by atomic mass is 10.2. The van der Waals surface area contributed by atoms with Crippen LogP contribution in [0.15, 0.2) is 66.2 Å². The standard InChI is InChI=1S/C23H29N3O3S/c1-3-19-11-8-9-14-21(19)24-15-10-16-25(4-2)18-23-22(27)17-26(30(23,28)29)20-12-6-5-7-13-20/h3,5-9,11-15,22-23,27H,1,4,10,16-18H2,2H3/b24-15-/t22-,23+/m0/s1. The number of aliphatic imine (C=N–C) groups is 1. The van der Waals surface area contributed by atoms with Gasteiger partial charge in [0.05, 0.1) is 24.0 Å². The van der Waals surface area contributed by atoms with Crippen molar-refractivity contribution in [3.05, 3.63) is 66.7 Å². The van der Waals surface area contributed by atoms with E-state index in [9.17, 15) is 13.5 Å². The molecule has 0 radical (unpaired) electrons. The molecule has 30 heavy (non-hydrogen) atoms. The van der Waals surface area contributed by atoms with Crippen LogP contribution >= 0.6 is 0 Å². The number of anilines is 1. The van der Waals surface area contributed by atoms with Crippen LogP contribution in [0.3, 0.4) is 0 Å². The second kappa shape index (κ2) is 10.0. The Balaban J connectivity index is 1.62. The summed E-state index contributed by atoms with van der Waals surface area (Å²) in [6, 6.07) is 16.7. The maximum atomic E-state index is 13.0. The van der Waals surface area contributed by atoms with Crippen LogP contribution in [0.5, 0.6) is 0 Å². The van der Waals surface area contributed by atoms with Gasteiger partial charge in [-0.15, -0.1) is 0 Å². The summed E-state index contributed by atoms with van der Waals surface area (Å²) in [6.45, 7) is 7.54. The predicted octanol–water partition coefficient (Wildman–Crippen LogP) is 3.32. The van der Waals surface area contributed by atoms with E-state index >= 15 is 0 Å². The molecular formula is C23H29N3O3S. The second-order valence-electron chi connectivity index (χ2n) is 7.27. The molecule has 2 aromatic rings. The van der Waals surface area contributed by atoms with Crippen LogP contribution in [0.25, 0.3) is 6.08 Å². The van der Waals surface area contributed by atoms with Crippen molar-refractivity contribution in [2.75, 3.05) is 30.5 Å². The van der Waals surface area contributed by atoms with Gasteiger partial charge in [-0.05, 0) is 36.7 Å². The van der Waals surface area contributed by atoms with Crippen molar-refractivity contribution in [3.8, 4) is 0 Å². The van der Waals surface area contributed by atoms with Crippen LogP contribution in [-0.4, -0.2) is 62.2 Å². The highest BCUT2D eigenvalue weighted by Crippen LogP contribution is 2.29. The minimum absolute atomic E-state index is 0.0916. The number of rotatable bonds is 9. The molecule has 1 fully saturated rings. The number of sulfonamides is 1. The predicted molar refractivity (Wildman–Crippen MR) is 124 cm³/mol. The van der Waals surface area contributed by atoms with E-state index in [4.69, 9.17) is 0 Å². The highest BCUT2D eigenvalue weighted by molar-refractivity contribution is 7.93. The Morgan fingerprint density at radius 1 is 1.20 bits per heavy atom. The highest BCUT2D eigenvalue weighted by atomic mass is 32.2. The van der Waals surface area contributed by atoms with Gasteiger partial charge in [-0.3, -0.25) is 9.30 Å². The van der Waals surface area contributed by atoms with Crippen LogP contribution in [0.4, 0.5) is 11.4 Å². The summed E-state index contributed by atoms with van der Waals surface area (Å²) in [6.07, 6.45) is 3.39. The normalized spacial score (nSPS) is 20.8. The molecule has 1 saturated heterocycles. The molecule has 0 aliphatic carbocycles. The zero-order valence-corrected chi connectivity index (χ0v) is 18.1. The lowest BCUT2D eigenvalue weighted by molar-refractivity contribution is 0.163. The fourth-order valence-electron chi connectivity index (χ4n) is 3.63. The number of benzene rings is 2. The Hall–Kier alpha value is -2.48. The van der Waals surface area contributed by atoms with Gasteiger partial charge in [0.1, 0.15) is 5.25 Å². The van der Waals surface area contributed by atoms with Gasteiger partial charge < -0.3 is 10.0 Å². The van der Waals surface area contributed by atoms with Gasteiger partial charge in [-0.25, -0.2) is 8.42 Å². The molecule has 0 spiro atoms. The lowest BCUT2D eigenvalue weighted by Gasteiger charge is -2.25. The van der Waals surface area contributed by atoms with E-state index in [1.54, 1.807) is 30.3 Å². The molecule has 1 aliphatic rings. The molecule has 0 unspecified atom stereocenters. The van der Waals surface area contributed by atoms with E-state index in [0.29, 0.717) is 31.7 Å². The van der Waals surface area contributed by atoms with Crippen LogP contribution in [0, 0.1) is 0 Å². The smallest absolute Gasteiger partial charge is 0.242 e. The number of β-amino-alcohol motifs (C(OH)–C–C–N with tert-alkyl or cyclic N) is 1. The molecular weight excluding hydrogens is 398 g/mol. The Morgan fingerprint density at radius 3 is 2.60 bits per heavy atom. The average Bonchev–Trinajstić information content (AvgIpc) is 2.99. The van der Waals surface area contributed by atoms with E-state index in [2.05, 4.69) is 11.6 Å². The molecule has 1 aliphatic heterocycles. The molecule has 2 aromatic carbocycles. The van der Waals surface area contributed by atoms with E-state index in [0.717, 1.165) is 11.3 Å². The summed E-state index contributed by atoms with van der Waals surface area (Å²) in [7, 11) is -3.62. The molecule has 0 saturated carbocycles. The summed E-state index contributed by atoms with van der Waals surface area (Å²) in [5.74, 6) is 0.